The maximum Gasteiger partial charge on any atom is 0.223 e. The predicted molar refractivity (Wildman–Crippen MR) is 146 cm³/mol. The number of aryl methyl sites for hydroxylation is 1. The average molecular weight is 509 g/mol. The number of carbonyl (C=O) groups is 1. The van der Waals surface area contributed by atoms with Crippen molar-refractivity contribution in [2.45, 2.75) is 32.7 Å². The van der Waals surface area contributed by atoms with E-state index in [9.17, 15) is 4.79 Å². The second-order valence-corrected chi connectivity index (χ2v) is 11.2. The number of piperidine rings is 1. The summed E-state index contributed by atoms with van der Waals surface area (Å²) < 4.78 is 6.37. The summed E-state index contributed by atoms with van der Waals surface area (Å²) in [5.41, 5.74) is 3.25. The zero-order valence-electron chi connectivity index (χ0n) is 21.4. The summed E-state index contributed by atoms with van der Waals surface area (Å²) in [7, 11) is 2.12. The Morgan fingerprint density at radius 2 is 1.92 bits per heavy atom. The maximum atomic E-state index is 13.5. The smallest absolute Gasteiger partial charge is 0.223 e. The Kier molecular flexibility index (Phi) is 7.56. The molecule has 0 spiro atoms. The SMILES string of the molecule is Cc1cc(OC[C@@]2(CC(=O)N3CCN(C)CC3)CCCN(Cc3ccc4[nH]ccc4c3)C2)ccc1Cl. The summed E-state index contributed by atoms with van der Waals surface area (Å²) in [6.07, 6.45) is 4.56. The summed E-state index contributed by atoms with van der Waals surface area (Å²) in [5.74, 6) is 1.08. The van der Waals surface area contributed by atoms with E-state index in [1.807, 2.05) is 36.2 Å². The van der Waals surface area contributed by atoms with Gasteiger partial charge in [0, 0.05) is 67.8 Å². The molecule has 1 amide bonds. The molecular weight excluding hydrogens is 472 g/mol. The highest BCUT2D eigenvalue weighted by Crippen LogP contribution is 2.36. The fraction of sp³-hybridized carbons (Fsp3) is 0.483. The molecule has 0 bridgehead atoms. The molecule has 1 atom stereocenters. The van der Waals surface area contributed by atoms with Crippen molar-refractivity contribution in [3.05, 3.63) is 64.8 Å². The third-order valence-corrected chi connectivity index (χ3v) is 8.25. The Hall–Kier alpha value is -2.54. The minimum absolute atomic E-state index is 0.218. The number of carbonyl (C=O) groups excluding carboxylic acids is 1. The topological polar surface area (TPSA) is 51.8 Å². The van der Waals surface area contributed by atoms with Crippen LogP contribution in [0.2, 0.25) is 5.02 Å². The standard InChI is InChI=1S/C29H37ClN4O2/c1-22-16-25(5-6-26(22)30)36-21-29(18-28(35)34-14-12-32(2)13-15-34)9-3-11-33(20-29)19-23-4-7-27-24(17-23)8-10-31-27/h4-8,10,16-17,31H,3,9,11-15,18-21H2,1-2H3/t29-/m1/s1. The van der Waals surface area contributed by atoms with Crippen LogP contribution in [0.4, 0.5) is 0 Å². The van der Waals surface area contributed by atoms with Gasteiger partial charge >= 0.3 is 0 Å². The molecular formula is C29H37ClN4O2. The van der Waals surface area contributed by atoms with Crippen LogP contribution in [0, 0.1) is 12.3 Å². The molecule has 2 fully saturated rings. The number of nitrogens with one attached hydrogen (secondary N) is 1. The number of amides is 1. The van der Waals surface area contributed by atoms with Gasteiger partial charge in [0.2, 0.25) is 5.91 Å². The van der Waals surface area contributed by atoms with Crippen LogP contribution in [0.1, 0.15) is 30.4 Å². The molecule has 0 unspecified atom stereocenters. The number of likely N-dealkylation sites (N-methyl/N-ethyl adjacent to an activating group) is 1. The van der Waals surface area contributed by atoms with Crippen molar-refractivity contribution in [2.24, 2.45) is 5.41 Å². The predicted octanol–water partition coefficient (Wildman–Crippen LogP) is 4.96. The number of ether oxygens (including phenoxy) is 1. The number of fused-ring (bicyclic) bond motifs is 1. The first-order valence-electron chi connectivity index (χ1n) is 13.0. The van der Waals surface area contributed by atoms with E-state index in [2.05, 4.69) is 46.1 Å². The maximum absolute atomic E-state index is 13.5. The van der Waals surface area contributed by atoms with Crippen LogP contribution in [-0.2, 0) is 11.3 Å². The van der Waals surface area contributed by atoms with Crippen molar-refractivity contribution in [1.29, 1.82) is 0 Å². The highest BCUT2D eigenvalue weighted by Gasteiger charge is 2.40. The van der Waals surface area contributed by atoms with E-state index >= 15 is 0 Å². The van der Waals surface area contributed by atoms with Gasteiger partial charge in [0.25, 0.3) is 0 Å². The van der Waals surface area contributed by atoms with E-state index in [0.29, 0.717) is 13.0 Å². The molecule has 1 aromatic heterocycles. The number of hydrogen-bond acceptors (Lipinski definition) is 4. The van der Waals surface area contributed by atoms with Gasteiger partial charge in [0.15, 0.2) is 0 Å². The van der Waals surface area contributed by atoms with Gasteiger partial charge in [-0.05, 0) is 86.3 Å². The molecule has 2 aliphatic heterocycles. The van der Waals surface area contributed by atoms with Crippen molar-refractivity contribution in [3.8, 4) is 5.75 Å². The van der Waals surface area contributed by atoms with E-state index in [1.54, 1.807) is 0 Å². The third-order valence-electron chi connectivity index (χ3n) is 7.82. The van der Waals surface area contributed by atoms with E-state index in [-0.39, 0.29) is 11.3 Å². The molecule has 0 saturated carbocycles. The number of benzene rings is 2. The highest BCUT2D eigenvalue weighted by atomic mass is 35.5. The summed E-state index contributed by atoms with van der Waals surface area (Å²) >= 11 is 6.23. The molecule has 3 aromatic rings. The van der Waals surface area contributed by atoms with E-state index in [0.717, 1.165) is 80.5 Å². The molecule has 2 aromatic carbocycles. The lowest BCUT2D eigenvalue weighted by molar-refractivity contribution is -0.137. The Bertz CT molecular complexity index is 1200. The quantitative estimate of drug-likeness (QED) is 0.490. The lowest BCUT2D eigenvalue weighted by Crippen LogP contribution is -2.52. The zero-order valence-corrected chi connectivity index (χ0v) is 22.2. The van der Waals surface area contributed by atoms with Crippen molar-refractivity contribution in [2.75, 3.05) is 52.9 Å². The van der Waals surface area contributed by atoms with Gasteiger partial charge in [0.05, 0.1) is 6.61 Å². The van der Waals surface area contributed by atoms with Crippen LogP contribution >= 0.6 is 11.6 Å². The van der Waals surface area contributed by atoms with Gasteiger partial charge in [-0.2, -0.15) is 0 Å². The molecule has 7 heteroatoms. The molecule has 36 heavy (non-hydrogen) atoms. The second kappa shape index (κ2) is 10.8. The number of aromatic nitrogens is 1. The number of aromatic amines is 1. The molecule has 192 valence electrons. The van der Waals surface area contributed by atoms with Crippen molar-refractivity contribution in [1.82, 2.24) is 19.7 Å². The largest absolute Gasteiger partial charge is 0.493 e. The number of nitrogens with zero attached hydrogens (tertiary/aromatic N) is 3. The fourth-order valence-electron chi connectivity index (χ4n) is 5.65. The minimum atomic E-state index is -0.218. The first-order chi connectivity index (χ1) is 17.4. The molecule has 1 N–H and O–H groups in total. The van der Waals surface area contributed by atoms with Crippen molar-refractivity contribution in [3.63, 3.8) is 0 Å². The van der Waals surface area contributed by atoms with Crippen LogP contribution in [0.25, 0.3) is 10.9 Å². The van der Waals surface area contributed by atoms with Gasteiger partial charge in [-0.25, -0.2) is 0 Å². The fourth-order valence-corrected chi connectivity index (χ4v) is 5.77. The minimum Gasteiger partial charge on any atom is -0.493 e. The molecule has 3 heterocycles. The summed E-state index contributed by atoms with van der Waals surface area (Å²) in [6.45, 7) is 8.78. The Morgan fingerprint density at radius 3 is 2.72 bits per heavy atom. The normalized spacial score (nSPS) is 21.7. The summed E-state index contributed by atoms with van der Waals surface area (Å²) in [5, 5.41) is 1.98. The molecule has 2 saturated heterocycles. The Balaban J connectivity index is 1.32. The zero-order chi connectivity index (χ0) is 25.1. The van der Waals surface area contributed by atoms with Crippen LogP contribution in [-0.4, -0.2) is 78.5 Å². The second-order valence-electron chi connectivity index (χ2n) is 10.8. The number of hydrogen-bond donors (Lipinski definition) is 1. The van der Waals surface area contributed by atoms with Crippen LogP contribution in [0.5, 0.6) is 5.75 Å². The molecule has 6 nitrogen and oxygen atoms in total. The average Bonchev–Trinajstić information content (AvgIpc) is 3.33. The van der Waals surface area contributed by atoms with Crippen LogP contribution in [0.15, 0.2) is 48.7 Å². The number of rotatable bonds is 7. The van der Waals surface area contributed by atoms with Gasteiger partial charge in [-0.1, -0.05) is 17.7 Å². The first-order valence-corrected chi connectivity index (χ1v) is 13.4. The van der Waals surface area contributed by atoms with Gasteiger partial charge in [0.1, 0.15) is 5.75 Å². The summed E-state index contributed by atoms with van der Waals surface area (Å²) in [6, 6.07) is 14.6. The lowest BCUT2D eigenvalue weighted by Gasteiger charge is -2.43. The van der Waals surface area contributed by atoms with Gasteiger partial charge in [-0.15, -0.1) is 0 Å². The Labute approximate surface area is 219 Å². The molecule has 0 aliphatic carbocycles. The highest BCUT2D eigenvalue weighted by molar-refractivity contribution is 6.31. The summed E-state index contributed by atoms with van der Waals surface area (Å²) in [4.78, 5) is 23.6. The van der Waals surface area contributed by atoms with Crippen molar-refractivity contribution < 1.29 is 9.53 Å². The Morgan fingerprint density at radius 1 is 1.08 bits per heavy atom. The first kappa shape index (κ1) is 25.1. The van der Waals surface area contributed by atoms with E-state index in [1.165, 1.54) is 10.9 Å². The van der Waals surface area contributed by atoms with E-state index < -0.39 is 0 Å². The number of halogens is 1. The lowest BCUT2D eigenvalue weighted by atomic mass is 9.77. The molecule has 0 radical (unpaired) electrons. The number of H-pyrrole nitrogens is 1. The van der Waals surface area contributed by atoms with E-state index in [4.69, 9.17) is 16.3 Å². The number of likely N-dealkylation sites (tertiary alicyclic amines) is 1. The third kappa shape index (κ3) is 5.88. The molecule has 2 aliphatic rings. The van der Waals surface area contributed by atoms with Crippen LogP contribution < -0.4 is 4.74 Å². The van der Waals surface area contributed by atoms with Gasteiger partial charge in [-0.3, -0.25) is 9.69 Å². The molecule has 5 rings (SSSR count). The van der Waals surface area contributed by atoms with Crippen LogP contribution in [0.3, 0.4) is 0 Å². The van der Waals surface area contributed by atoms with Gasteiger partial charge < -0.3 is 19.5 Å². The van der Waals surface area contributed by atoms with Crippen molar-refractivity contribution >= 4 is 28.4 Å². The monoisotopic (exact) mass is 508 g/mol. The number of piperazine rings is 1.